The fourth-order valence-corrected chi connectivity index (χ4v) is 5.75. The molecule has 0 unspecified atom stereocenters. The zero-order valence-electron chi connectivity index (χ0n) is 18.0. The lowest BCUT2D eigenvalue weighted by Gasteiger charge is -2.49. The maximum absolute atomic E-state index is 13.4. The molecule has 5 rings (SSSR count). The second kappa shape index (κ2) is 8.61. The minimum Gasteiger partial charge on any atom is -0.378 e. The molecule has 7 heteroatoms. The largest absolute Gasteiger partial charge is 0.378 e. The smallest absolute Gasteiger partial charge is 0.245 e. The van der Waals surface area contributed by atoms with Crippen molar-refractivity contribution in [2.45, 2.75) is 50.6 Å². The summed E-state index contributed by atoms with van der Waals surface area (Å²) in [6.07, 6.45) is 5.75. The highest BCUT2D eigenvalue weighted by atomic mass is 16.5. The van der Waals surface area contributed by atoms with Crippen LogP contribution in [0.1, 0.15) is 49.3 Å². The summed E-state index contributed by atoms with van der Waals surface area (Å²) in [5.41, 5.74) is 2.18. The number of carbonyl (C=O) groups excluding carboxylic acids is 3. The Kier molecular flexibility index (Phi) is 5.69. The molecule has 3 heterocycles. The van der Waals surface area contributed by atoms with E-state index in [0.29, 0.717) is 39.3 Å². The van der Waals surface area contributed by atoms with Gasteiger partial charge in [0.05, 0.1) is 25.8 Å². The van der Waals surface area contributed by atoms with Crippen molar-refractivity contribution < 1.29 is 19.1 Å². The van der Waals surface area contributed by atoms with Crippen LogP contribution >= 0.6 is 0 Å². The monoisotopic (exact) mass is 425 g/mol. The Hall–Kier alpha value is -2.41. The maximum atomic E-state index is 13.4. The highest BCUT2D eigenvalue weighted by Crippen LogP contribution is 2.38. The Labute approximate surface area is 183 Å². The van der Waals surface area contributed by atoms with Crippen molar-refractivity contribution in [2.24, 2.45) is 5.92 Å². The first-order chi connectivity index (χ1) is 15.1. The third-order valence-electron chi connectivity index (χ3n) is 7.38. The molecule has 0 bridgehead atoms. The second-order valence-electron chi connectivity index (χ2n) is 9.23. The molecule has 3 fully saturated rings. The summed E-state index contributed by atoms with van der Waals surface area (Å²) < 4.78 is 5.40. The number of nitrogens with zero attached hydrogens (tertiary/aromatic N) is 3. The Balaban J connectivity index is 1.43. The molecule has 2 saturated heterocycles. The highest BCUT2D eigenvalue weighted by Gasteiger charge is 2.47. The molecule has 0 N–H and O–H groups in total. The van der Waals surface area contributed by atoms with E-state index in [-0.39, 0.29) is 36.2 Å². The van der Waals surface area contributed by atoms with E-state index in [2.05, 4.69) is 6.07 Å². The number of ether oxygens (including phenoxy) is 1. The van der Waals surface area contributed by atoms with Gasteiger partial charge < -0.3 is 19.4 Å². The number of benzene rings is 1. The molecular formula is C24H31N3O4. The zero-order valence-corrected chi connectivity index (χ0v) is 18.0. The number of hydrogen-bond acceptors (Lipinski definition) is 4. The van der Waals surface area contributed by atoms with Gasteiger partial charge in [0.25, 0.3) is 0 Å². The average molecular weight is 426 g/mol. The molecule has 0 radical (unpaired) electrons. The normalized spacial score (nSPS) is 27.0. The highest BCUT2D eigenvalue weighted by molar-refractivity contribution is 5.92. The summed E-state index contributed by atoms with van der Waals surface area (Å²) in [5, 5.41) is 0. The summed E-state index contributed by atoms with van der Waals surface area (Å²) in [4.78, 5) is 45.4. The van der Waals surface area contributed by atoms with Crippen LogP contribution < -0.4 is 0 Å². The molecule has 166 valence electrons. The van der Waals surface area contributed by atoms with Crippen LogP contribution in [0, 0.1) is 5.92 Å². The van der Waals surface area contributed by atoms with E-state index >= 15 is 0 Å². The van der Waals surface area contributed by atoms with Crippen molar-refractivity contribution in [1.29, 1.82) is 0 Å². The molecule has 2 atom stereocenters. The summed E-state index contributed by atoms with van der Waals surface area (Å²) in [6.45, 7) is 2.77. The van der Waals surface area contributed by atoms with Gasteiger partial charge in [-0.15, -0.1) is 0 Å². The Morgan fingerprint density at radius 1 is 0.935 bits per heavy atom. The maximum Gasteiger partial charge on any atom is 0.245 e. The second-order valence-corrected chi connectivity index (χ2v) is 9.23. The minimum atomic E-state index is -0.502. The summed E-state index contributed by atoms with van der Waals surface area (Å²) in [6, 6.07) is 7.31. The first-order valence-electron chi connectivity index (χ1n) is 11.7. The van der Waals surface area contributed by atoms with Crippen LogP contribution in [0.3, 0.4) is 0 Å². The zero-order chi connectivity index (χ0) is 21.4. The molecule has 1 saturated carbocycles. The van der Waals surface area contributed by atoms with Gasteiger partial charge in [-0.2, -0.15) is 0 Å². The van der Waals surface area contributed by atoms with Gasteiger partial charge >= 0.3 is 0 Å². The van der Waals surface area contributed by atoms with Gasteiger partial charge in [-0.1, -0.05) is 43.5 Å². The van der Waals surface area contributed by atoms with E-state index in [9.17, 15) is 14.4 Å². The van der Waals surface area contributed by atoms with Crippen molar-refractivity contribution in [3.63, 3.8) is 0 Å². The predicted molar refractivity (Wildman–Crippen MR) is 114 cm³/mol. The lowest BCUT2D eigenvalue weighted by Crippen LogP contribution is -2.63. The standard InChI is InChI=1S/C24H31N3O4/c28-22-16-26(23(29)17-6-2-1-3-7-17)15-21-19-9-5-4-8-18(19)14-20(27(21)22)24(30)25-10-12-31-13-11-25/h4-5,8-9,17,20-21H,1-3,6-7,10-16H2/t20-,21+/m0/s1. The topological polar surface area (TPSA) is 70.2 Å². The molecule has 1 aromatic rings. The van der Waals surface area contributed by atoms with Crippen molar-refractivity contribution in [3.05, 3.63) is 35.4 Å². The molecule has 4 aliphatic rings. The number of fused-ring (bicyclic) bond motifs is 3. The van der Waals surface area contributed by atoms with Gasteiger partial charge in [0, 0.05) is 32.0 Å². The van der Waals surface area contributed by atoms with Crippen LogP contribution in [0.25, 0.3) is 0 Å². The molecule has 3 amide bonds. The van der Waals surface area contributed by atoms with E-state index in [1.54, 1.807) is 9.80 Å². The Morgan fingerprint density at radius 2 is 1.68 bits per heavy atom. The predicted octanol–water partition coefficient (Wildman–Crippen LogP) is 1.76. The molecule has 0 spiro atoms. The molecule has 0 aromatic heterocycles. The van der Waals surface area contributed by atoms with E-state index in [1.165, 1.54) is 6.42 Å². The third-order valence-corrected chi connectivity index (χ3v) is 7.38. The van der Waals surface area contributed by atoms with Crippen molar-refractivity contribution in [3.8, 4) is 0 Å². The molecule has 7 nitrogen and oxygen atoms in total. The quantitative estimate of drug-likeness (QED) is 0.724. The number of rotatable bonds is 2. The van der Waals surface area contributed by atoms with Crippen LogP contribution in [-0.2, 0) is 25.5 Å². The van der Waals surface area contributed by atoms with Crippen LogP contribution in [0.4, 0.5) is 0 Å². The van der Waals surface area contributed by atoms with Crippen LogP contribution in [0.2, 0.25) is 0 Å². The molecule has 31 heavy (non-hydrogen) atoms. The number of carbonyl (C=O) groups is 3. The van der Waals surface area contributed by atoms with Crippen LogP contribution in [0.15, 0.2) is 24.3 Å². The SMILES string of the molecule is O=C(C1CCCCC1)N1CC(=O)N2[C@H](C1)c1ccccc1C[C@H]2C(=O)N1CCOCC1. The number of morpholine rings is 1. The van der Waals surface area contributed by atoms with Crippen molar-refractivity contribution in [1.82, 2.24) is 14.7 Å². The van der Waals surface area contributed by atoms with Crippen LogP contribution in [0.5, 0.6) is 0 Å². The number of amides is 3. The van der Waals surface area contributed by atoms with E-state index in [0.717, 1.165) is 36.8 Å². The first kappa shape index (κ1) is 20.5. The van der Waals surface area contributed by atoms with Crippen LogP contribution in [-0.4, -0.2) is 77.9 Å². The summed E-state index contributed by atoms with van der Waals surface area (Å²) >= 11 is 0. The van der Waals surface area contributed by atoms with E-state index < -0.39 is 6.04 Å². The minimum absolute atomic E-state index is 0.00297. The molecular weight excluding hydrogens is 394 g/mol. The van der Waals surface area contributed by atoms with Crippen molar-refractivity contribution >= 4 is 17.7 Å². The average Bonchev–Trinajstić information content (AvgIpc) is 2.83. The van der Waals surface area contributed by atoms with E-state index in [4.69, 9.17) is 4.74 Å². The molecule has 1 aliphatic carbocycles. The third kappa shape index (κ3) is 3.84. The van der Waals surface area contributed by atoms with Gasteiger partial charge in [-0.05, 0) is 24.0 Å². The van der Waals surface area contributed by atoms with Gasteiger partial charge in [-0.3, -0.25) is 14.4 Å². The summed E-state index contributed by atoms with van der Waals surface area (Å²) in [7, 11) is 0. The van der Waals surface area contributed by atoms with Gasteiger partial charge in [0.2, 0.25) is 17.7 Å². The Bertz CT molecular complexity index is 860. The first-order valence-corrected chi connectivity index (χ1v) is 11.7. The fraction of sp³-hybridized carbons (Fsp3) is 0.625. The summed E-state index contributed by atoms with van der Waals surface area (Å²) in [5.74, 6) is 0.0502. The van der Waals surface area contributed by atoms with E-state index in [1.807, 2.05) is 23.1 Å². The number of hydrogen-bond donors (Lipinski definition) is 0. The van der Waals surface area contributed by atoms with Gasteiger partial charge in [0.15, 0.2) is 0 Å². The lowest BCUT2D eigenvalue weighted by atomic mass is 9.84. The van der Waals surface area contributed by atoms with Crippen molar-refractivity contribution in [2.75, 3.05) is 39.4 Å². The number of piperazine rings is 1. The molecule has 3 aliphatic heterocycles. The fourth-order valence-electron chi connectivity index (χ4n) is 5.75. The van der Waals surface area contributed by atoms with Gasteiger partial charge in [0.1, 0.15) is 6.04 Å². The lowest BCUT2D eigenvalue weighted by molar-refractivity contribution is -0.160. The Morgan fingerprint density at radius 3 is 2.45 bits per heavy atom. The molecule has 1 aromatic carbocycles. The van der Waals surface area contributed by atoms with Gasteiger partial charge in [-0.25, -0.2) is 0 Å².